The molecule has 0 amide bonds. The van der Waals surface area contributed by atoms with Crippen molar-refractivity contribution >= 4 is 5.78 Å². The number of rotatable bonds is 1. The van der Waals surface area contributed by atoms with E-state index in [2.05, 4.69) is 11.5 Å². The molecule has 0 aromatic rings. The Balaban J connectivity index is 2.65. The fraction of sp³-hybridized carbons (Fsp3) is 0.500. The lowest BCUT2D eigenvalue weighted by Gasteiger charge is -2.03. The minimum absolute atomic E-state index is 0.185. The molecule has 4 heteroatoms. The van der Waals surface area contributed by atoms with Crippen LogP contribution in [0.2, 0.25) is 0 Å². The maximum atomic E-state index is 11.8. The van der Waals surface area contributed by atoms with E-state index < -0.39 is 18.3 Å². The molecule has 0 aliphatic carbocycles. The van der Waals surface area contributed by atoms with Crippen LogP contribution in [0.25, 0.3) is 0 Å². The zero-order valence-electron chi connectivity index (χ0n) is 5.27. The highest BCUT2D eigenvalue weighted by molar-refractivity contribution is 6.00. The summed E-state index contributed by atoms with van der Waals surface area (Å²) in [5.74, 6) is -0.616. The third-order valence-corrected chi connectivity index (χ3v) is 1.25. The fourth-order valence-electron chi connectivity index (χ4n) is 0.673. The normalized spacial score (nSPS) is 25.0. The van der Waals surface area contributed by atoms with Crippen LogP contribution in [-0.2, 0) is 4.79 Å². The Morgan fingerprint density at radius 3 is 2.50 bits per heavy atom. The Morgan fingerprint density at radius 1 is 1.70 bits per heavy atom. The lowest BCUT2D eigenvalue weighted by Crippen LogP contribution is -2.30. The third kappa shape index (κ3) is 1.01. The molecule has 0 aromatic heterocycles. The van der Waals surface area contributed by atoms with Crippen molar-refractivity contribution in [2.75, 3.05) is 0 Å². The predicted octanol–water partition coefficient (Wildman–Crippen LogP) is 0.514. The first kappa shape index (κ1) is 7.18. The highest BCUT2D eigenvalue weighted by Crippen LogP contribution is 2.13. The van der Waals surface area contributed by atoms with Crippen LogP contribution in [0.3, 0.4) is 0 Å². The number of hydrogen-bond donors (Lipinski definition) is 0. The Bertz CT molecular complexity index is 188. The predicted molar refractivity (Wildman–Crippen MR) is 29.4 cm³/mol. The molecule has 2 nitrogen and oxygen atoms in total. The van der Waals surface area contributed by atoms with Crippen LogP contribution in [0.1, 0.15) is 6.92 Å². The van der Waals surface area contributed by atoms with Gasteiger partial charge in [-0.3, -0.25) is 10.1 Å². The number of carbonyl (C=O) groups excluding carboxylic acids is 1. The van der Waals surface area contributed by atoms with Gasteiger partial charge in [-0.25, -0.2) is 8.78 Å². The third-order valence-electron chi connectivity index (χ3n) is 1.25. The van der Waals surface area contributed by atoms with Gasteiger partial charge in [0.1, 0.15) is 0 Å². The Kier molecular flexibility index (Phi) is 1.70. The van der Waals surface area contributed by atoms with E-state index >= 15 is 0 Å². The monoisotopic (exact) mass is 145 g/mol. The van der Waals surface area contributed by atoms with Crippen LogP contribution >= 0.6 is 0 Å². The van der Waals surface area contributed by atoms with Crippen molar-refractivity contribution < 1.29 is 13.6 Å². The van der Waals surface area contributed by atoms with Gasteiger partial charge in [-0.15, -0.1) is 0 Å². The molecule has 1 aliphatic rings. The summed E-state index contributed by atoms with van der Waals surface area (Å²) in [5.41, 5.74) is 0.185. The second kappa shape index (κ2) is 2.36. The minimum atomic E-state index is -2.70. The van der Waals surface area contributed by atoms with Gasteiger partial charge in [-0.05, 0) is 6.92 Å². The largest absolute Gasteiger partial charge is 0.292 e. The van der Waals surface area contributed by atoms with Crippen LogP contribution in [0.15, 0.2) is 5.57 Å². The summed E-state index contributed by atoms with van der Waals surface area (Å²) < 4.78 is 23.6. The van der Waals surface area contributed by atoms with Crippen molar-refractivity contribution in [1.29, 1.82) is 0 Å². The molecule has 1 rings (SSSR count). The molecule has 1 unspecified atom stereocenters. The topological polar surface area (TPSA) is 31.2 Å². The van der Waals surface area contributed by atoms with Crippen molar-refractivity contribution in [1.82, 2.24) is 5.32 Å². The van der Waals surface area contributed by atoms with Crippen molar-refractivity contribution in [2.24, 2.45) is 0 Å². The molecule has 0 saturated carbocycles. The van der Waals surface area contributed by atoms with Gasteiger partial charge < -0.3 is 0 Å². The lowest BCUT2D eigenvalue weighted by atomic mass is 10.1. The summed E-state index contributed by atoms with van der Waals surface area (Å²) in [6, 6.07) is -1.49. The summed E-state index contributed by atoms with van der Waals surface area (Å²) in [6.45, 7) is 1.42. The van der Waals surface area contributed by atoms with Crippen LogP contribution in [0.5, 0.6) is 0 Å². The number of hydrogen-bond acceptors (Lipinski definition) is 1. The standard InChI is InChI=1S/C6H5F2NO/c1-3-2-9-4(5(3)10)6(7)8/h4,6H,1H3. The highest BCUT2D eigenvalue weighted by atomic mass is 19.3. The molecule has 54 valence electrons. The van der Waals surface area contributed by atoms with Crippen molar-refractivity contribution in [2.45, 2.75) is 19.4 Å². The van der Waals surface area contributed by atoms with Gasteiger partial charge in [-0.1, -0.05) is 0 Å². The minimum Gasteiger partial charge on any atom is -0.292 e. The number of alkyl halides is 2. The van der Waals surface area contributed by atoms with Gasteiger partial charge in [0.15, 0.2) is 11.8 Å². The molecule has 0 aromatic carbocycles. The van der Waals surface area contributed by atoms with E-state index in [1.165, 1.54) is 6.92 Å². The van der Waals surface area contributed by atoms with Crippen molar-refractivity contribution in [3.63, 3.8) is 0 Å². The van der Waals surface area contributed by atoms with E-state index in [0.29, 0.717) is 0 Å². The molecule has 0 spiro atoms. The van der Waals surface area contributed by atoms with Gasteiger partial charge in [-0.2, -0.15) is 0 Å². The van der Waals surface area contributed by atoms with E-state index in [9.17, 15) is 13.6 Å². The number of ketones is 1. The zero-order chi connectivity index (χ0) is 7.72. The van der Waals surface area contributed by atoms with Crippen LogP contribution in [0.4, 0.5) is 8.78 Å². The molecule has 1 heterocycles. The summed E-state index contributed by atoms with van der Waals surface area (Å²) in [6.07, 6.45) is -0.484. The quantitative estimate of drug-likeness (QED) is 0.529. The van der Waals surface area contributed by atoms with E-state index in [0.717, 1.165) is 0 Å². The fourth-order valence-corrected chi connectivity index (χ4v) is 0.673. The van der Waals surface area contributed by atoms with E-state index in [1.54, 1.807) is 0 Å². The van der Waals surface area contributed by atoms with Gasteiger partial charge in [0.2, 0.25) is 0 Å². The molecule has 10 heavy (non-hydrogen) atoms. The SMILES string of the molecule is CC1=[C][N]C(C(F)F)C1=O. The average Bonchev–Trinajstić information content (AvgIpc) is 2.14. The maximum absolute atomic E-state index is 11.8. The van der Waals surface area contributed by atoms with Gasteiger partial charge in [0, 0.05) is 5.57 Å². The summed E-state index contributed by atoms with van der Waals surface area (Å²) >= 11 is 0. The second-order valence-corrected chi connectivity index (χ2v) is 2.01. The van der Waals surface area contributed by atoms with Gasteiger partial charge in [0.05, 0.1) is 6.20 Å². The molecular weight excluding hydrogens is 140 g/mol. The maximum Gasteiger partial charge on any atom is 0.268 e. The first-order chi connectivity index (χ1) is 4.63. The van der Waals surface area contributed by atoms with Crippen LogP contribution in [0, 0.1) is 6.20 Å². The smallest absolute Gasteiger partial charge is 0.268 e. The van der Waals surface area contributed by atoms with Crippen molar-refractivity contribution in [3.05, 3.63) is 11.8 Å². The number of nitrogens with zero attached hydrogens (tertiary/aromatic N) is 1. The summed E-state index contributed by atoms with van der Waals surface area (Å²) in [5, 5.41) is 3.21. The molecule has 0 N–H and O–H groups in total. The first-order valence-corrected chi connectivity index (χ1v) is 2.74. The Hall–Kier alpha value is -0.930. The summed E-state index contributed by atoms with van der Waals surface area (Å²) in [4.78, 5) is 10.7. The molecular formula is C6H5F2NO. The Labute approximate surface area is 56.9 Å². The van der Waals surface area contributed by atoms with E-state index in [-0.39, 0.29) is 5.57 Å². The van der Waals surface area contributed by atoms with Crippen LogP contribution in [-0.4, -0.2) is 18.3 Å². The number of carbonyl (C=O) groups is 1. The molecule has 1 atom stereocenters. The van der Waals surface area contributed by atoms with E-state index in [1.807, 2.05) is 0 Å². The molecule has 1 aliphatic heterocycles. The molecule has 0 bridgehead atoms. The molecule has 2 radical (unpaired) electrons. The van der Waals surface area contributed by atoms with Gasteiger partial charge in [0.25, 0.3) is 6.43 Å². The van der Waals surface area contributed by atoms with Gasteiger partial charge >= 0.3 is 0 Å². The highest BCUT2D eigenvalue weighted by Gasteiger charge is 2.34. The first-order valence-electron chi connectivity index (χ1n) is 2.74. The zero-order valence-corrected chi connectivity index (χ0v) is 5.27. The summed E-state index contributed by atoms with van der Waals surface area (Å²) in [7, 11) is 0. The number of halogens is 2. The average molecular weight is 145 g/mol. The van der Waals surface area contributed by atoms with E-state index in [4.69, 9.17) is 0 Å². The second-order valence-electron chi connectivity index (χ2n) is 2.01. The number of Topliss-reactive ketones (excluding diaryl/α,β-unsaturated/α-hetero) is 1. The lowest BCUT2D eigenvalue weighted by molar-refractivity contribution is -0.119. The van der Waals surface area contributed by atoms with Crippen LogP contribution < -0.4 is 5.32 Å². The molecule has 0 saturated heterocycles. The molecule has 0 fully saturated rings. The Morgan fingerprint density at radius 2 is 2.30 bits per heavy atom. The van der Waals surface area contributed by atoms with Crippen molar-refractivity contribution in [3.8, 4) is 0 Å².